The zero-order chi connectivity index (χ0) is 21.6. The van der Waals surface area contributed by atoms with Gasteiger partial charge in [-0.2, -0.15) is 0 Å². The topological polar surface area (TPSA) is 44.7 Å². The average molecular weight is 433 g/mol. The first-order valence-electron chi connectivity index (χ1n) is 10.1. The Morgan fingerprint density at radius 1 is 0.733 bits per heavy atom. The molecule has 0 atom stereocenters. The van der Waals surface area contributed by atoms with Crippen LogP contribution >= 0.6 is 8.01 Å². The molecule has 0 aliphatic heterocycles. The first kappa shape index (κ1) is 24.2. The van der Waals surface area contributed by atoms with Crippen LogP contribution in [-0.2, 0) is 17.0 Å². The van der Waals surface area contributed by atoms with Gasteiger partial charge in [0.05, 0.1) is 14.2 Å². The second kappa shape index (κ2) is 8.59. The molecule has 0 amide bonds. The van der Waals surface area contributed by atoms with E-state index in [-0.39, 0.29) is 18.3 Å². The number of benzene rings is 2. The van der Waals surface area contributed by atoms with E-state index in [2.05, 4.69) is 60.6 Å². The van der Waals surface area contributed by atoms with E-state index in [4.69, 9.17) is 17.9 Å². The van der Waals surface area contributed by atoms with E-state index in [1.807, 2.05) is 12.1 Å². The lowest BCUT2D eigenvalue weighted by Crippen LogP contribution is -2.12. The third-order valence-electron chi connectivity index (χ3n) is 5.15. The van der Waals surface area contributed by atoms with Crippen LogP contribution in [0.3, 0.4) is 0 Å². The average Bonchev–Trinajstić information content (AvgIpc) is 2.81. The lowest BCUT2D eigenvalue weighted by Gasteiger charge is -2.21. The quantitative estimate of drug-likeness (QED) is 0.416. The Hall–Kier alpha value is -2.06. The van der Waals surface area contributed by atoms with Gasteiger partial charge in [0, 0.05) is 28.1 Å². The molecule has 2 aromatic carbocycles. The first-order valence-corrected chi connectivity index (χ1v) is 11.4. The third kappa shape index (κ3) is 4.49. The number of hydrogen-bond acceptors (Lipinski definition) is 4. The molecule has 0 unspecified atom stereocenters. The molecule has 1 heterocycles. The summed E-state index contributed by atoms with van der Waals surface area (Å²) in [6.07, 6.45) is 0.805. The number of rotatable bonds is 3. The second-order valence-electron chi connectivity index (χ2n) is 9.43. The van der Waals surface area contributed by atoms with Crippen LogP contribution in [0, 0.1) is 0 Å². The lowest BCUT2D eigenvalue weighted by atomic mass is 9.84. The molecule has 0 radical (unpaired) electrons. The van der Waals surface area contributed by atoms with Gasteiger partial charge in [0.2, 0.25) is 8.01 Å². The van der Waals surface area contributed by atoms with Crippen molar-refractivity contribution in [2.75, 3.05) is 14.2 Å². The van der Waals surface area contributed by atoms with Crippen LogP contribution in [0.5, 0.6) is 11.5 Å². The zero-order valence-electron chi connectivity index (χ0n) is 19.1. The number of methoxy groups -OCH3 is 2. The lowest BCUT2D eigenvalue weighted by molar-refractivity contribution is 0.413. The maximum absolute atomic E-state index is 6.53. The van der Waals surface area contributed by atoms with Gasteiger partial charge in [-0.3, -0.25) is 0 Å². The van der Waals surface area contributed by atoms with Crippen molar-refractivity contribution in [1.82, 2.24) is 0 Å². The molecule has 0 aliphatic rings. The van der Waals surface area contributed by atoms with Gasteiger partial charge in [0.25, 0.3) is 0 Å². The van der Waals surface area contributed by atoms with Gasteiger partial charge < -0.3 is 17.9 Å². The number of ether oxygens (including phenoxy) is 2. The molecule has 166 valence electrons. The van der Waals surface area contributed by atoms with Crippen molar-refractivity contribution in [2.45, 2.75) is 72.9 Å². The van der Waals surface area contributed by atoms with Gasteiger partial charge in [-0.15, -0.1) is 0 Å². The van der Waals surface area contributed by atoms with Crippen molar-refractivity contribution in [3.05, 3.63) is 35.4 Å². The van der Waals surface area contributed by atoms with Gasteiger partial charge in [-0.05, 0) is 35.1 Å². The fraction of sp³-hybridized carbons (Fsp3) is 0.520. The molecule has 5 heteroatoms. The van der Waals surface area contributed by atoms with Gasteiger partial charge in [-0.25, -0.2) is 0 Å². The third-order valence-corrected chi connectivity index (χ3v) is 6.44. The molecule has 0 fully saturated rings. The monoisotopic (exact) mass is 432 g/mol. The van der Waals surface area contributed by atoms with Crippen molar-refractivity contribution in [1.29, 1.82) is 0 Å². The van der Waals surface area contributed by atoms with Gasteiger partial charge in [-0.1, -0.05) is 55.9 Å². The molecule has 0 spiro atoms. The normalized spacial score (nSPS) is 12.0. The van der Waals surface area contributed by atoms with Crippen molar-refractivity contribution in [3.8, 4) is 11.5 Å². The van der Waals surface area contributed by atoms with Crippen molar-refractivity contribution >= 4 is 30.0 Å². The van der Waals surface area contributed by atoms with Crippen molar-refractivity contribution in [2.24, 2.45) is 0 Å². The molecule has 0 saturated carbocycles. The molecule has 0 saturated heterocycles. The Bertz CT molecular complexity index is 998. The first-order chi connectivity index (χ1) is 13.5. The summed E-state index contributed by atoms with van der Waals surface area (Å²) in [6.45, 7) is 15.3. The fourth-order valence-corrected chi connectivity index (χ4v) is 4.60. The Kier molecular flexibility index (Phi) is 6.93. The summed E-state index contributed by atoms with van der Waals surface area (Å²) in [7, 11) is 2.30. The number of fused-ring (bicyclic) bond motifs is 3. The standard InChI is InChI=1S/C24H33O4P.CH4/c1-10-29-27-21-17(11-15(25-8)13-19(21)23(2,3)4)18-12-16(26-9)14-20(22(18)28-29)24(5,6)7;/h11-14H,10H2,1-9H3;1H4. The van der Waals surface area contributed by atoms with E-state index in [1.54, 1.807) is 14.2 Å². The molecule has 1 aromatic heterocycles. The van der Waals surface area contributed by atoms with Crippen LogP contribution in [0.15, 0.2) is 32.7 Å². The Labute approximate surface area is 182 Å². The Morgan fingerprint density at radius 3 is 1.37 bits per heavy atom. The highest BCUT2D eigenvalue weighted by molar-refractivity contribution is 7.36. The minimum atomic E-state index is -1.11. The molecule has 30 heavy (non-hydrogen) atoms. The van der Waals surface area contributed by atoms with Crippen LogP contribution in [0.4, 0.5) is 0 Å². The summed E-state index contributed by atoms with van der Waals surface area (Å²) in [4.78, 5) is 0. The van der Waals surface area contributed by atoms with Crippen LogP contribution < -0.4 is 9.47 Å². The van der Waals surface area contributed by atoms with Crippen LogP contribution in [0.25, 0.3) is 21.9 Å². The predicted molar refractivity (Wildman–Crippen MR) is 129 cm³/mol. The van der Waals surface area contributed by atoms with E-state index in [0.29, 0.717) is 0 Å². The molecule has 3 rings (SSSR count). The Morgan fingerprint density at radius 2 is 1.10 bits per heavy atom. The highest BCUT2D eigenvalue weighted by Gasteiger charge is 2.25. The molecular formula is C25H37O4P. The molecule has 0 bridgehead atoms. The summed E-state index contributed by atoms with van der Waals surface area (Å²) in [5, 5.41) is 1.99. The molecule has 0 N–H and O–H groups in total. The summed E-state index contributed by atoms with van der Waals surface area (Å²) < 4.78 is 24.4. The SMILES string of the molecule is C.CCp1oc2c(C(C)(C)C)cc(OC)cc2c2cc(OC)cc(C(C)(C)C)c2o1. The maximum atomic E-state index is 6.53. The molecule has 4 nitrogen and oxygen atoms in total. The summed E-state index contributed by atoms with van der Waals surface area (Å²) in [5.41, 5.74) is 3.79. The number of aryl methyl sites for hydroxylation is 1. The van der Waals surface area contributed by atoms with E-state index in [1.165, 1.54) is 0 Å². The summed E-state index contributed by atoms with van der Waals surface area (Å²) in [5.74, 6) is 1.62. The van der Waals surface area contributed by atoms with Crippen LogP contribution in [0.1, 0.15) is 67.0 Å². The minimum absolute atomic E-state index is 0. The van der Waals surface area contributed by atoms with Gasteiger partial charge >= 0.3 is 0 Å². The van der Waals surface area contributed by atoms with Crippen LogP contribution in [0.2, 0.25) is 0 Å². The van der Waals surface area contributed by atoms with Gasteiger partial charge in [0.15, 0.2) is 0 Å². The van der Waals surface area contributed by atoms with Crippen LogP contribution in [-0.4, -0.2) is 14.2 Å². The smallest absolute Gasteiger partial charge is 0.216 e. The van der Waals surface area contributed by atoms with Crippen molar-refractivity contribution in [3.63, 3.8) is 0 Å². The predicted octanol–water partition coefficient (Wildman–Crippen LogP) is 8.56. The summed E-state index contributed by atoms with van der Waals surface area (Å²) in [6, 6.07) is 8.26. The highest BCUT2D eigenvalue weighted by atomic mass is 31.1. The van der Waals surface area contributed by atoms with Crippen molar-refractivity contribution < 1.29 is 17.9 Å². The van der Waals surface area contributed by atoms with E-state index >= 15 is 0 Å². The number of hydrogen-bond donors (Lipinski definition) is 0. The minimum Gasteiger partial charge on any atom is -0.497 e. The summed E-state index contributed by atoms with van der Waals surface area (Å²) >= 11 is 0. The Balaban J connectivity index is 0.00000320. The zero-order valence-corrected chi connectivity index (χ0v) is 20.0. The molecule has 0 aliphatic carbocycles. The molecular weight excluding hydrogens is 395 g/mol. The fourth-order valence-electron chi connectivity index (χ4n) is 3.50. The maximum Gasteiger partial charge on any atom is 0.216 e. The van der Waals surface area contributed by atoms with Gasteiger partial charge in [0.1, 0.15) is 22.7 Å². The van der Waals surface area contributed by atoms with E-state index < -0.39 is 8.01 Å². The second-order valence-corrected chi connectivity index (χ2v) is 11.1. The van der Waals surface area contributed by atoms with E-state index in [9.17, 15) is 0 Å². The van der Waals surface area contributed by atoms with E-state index in [0.717, 1.165) is 50.7 Å². The highest BCUT2D eigenvalue weighted by Crippen LogP contribution is 2.45. The molecule has 3 aromatic rings. The largest absolute Gasteiger partial charge is 0.497 e.